The van der Waals surface area contributed by atoms with Gasteiger partial charge in [-0.05, 0) is 42.3 Å². The number of hydrogen-bond donors (Lipinski definition) is 1. The number of halogens is 1. The fourth-order valence-electron chi connectivity index (χ4n) is 2.79. The first-order valence-electron chi connectivity index (χ1n) is 8.21. The summed E-state index contributed by atoms with van der Waals surface area (Å²) in [6.45, 7) is 1.85. The maximum absolute atomic E-state index is 13.0. The van der Waals surface area contributed by atoms with Gasteiger partial charge in [0.15, 0.2) is 0 Å². The van der Waals surface area contributed by atoms with Gasteiger partial charge in [0.05, 0.1) is 12.1 Å². The van der Waals surface area contributed by atoms with Crippen LogP contribution in [0, 0.1) is 6.92 Å². The van der Waals surface area contributed by atoms with E-state index in [1.807, 2.05) is 20.0 Å². The van der Waals surface area contributed by atoms with Gasteiger partial charge < -0.3 is 9.30 Å². The van der Waals surface area contributed by atoms with Crippen LogP contribution >= 0.6 is 11.6 Å². The van der Waals surface area contributed by atoms with E-state index in [1.54, 1.807) is 54.4 Å². The summed E-state index contributed by atoms with van der Waals surface area (Å²) in [5, 5.41) is 0.173. The number of hydrogen-bond acceptors (Lipinski definition) is 4. The number of aromatic nitrogens is 2. The minimum absolute atomic E-state index is 0.0249. The summed E-state index contributed by atoms with van der Waals surface area (Å²) in [5.74, 6) is 1.18. The van der Waals surface area contributed by atoms with Crippen molar-refractivity contribution in [3.8, 4) is 5.75 Å². The Morgan fingerprint density at radius 1 is 1.22 bits per heavy atom. The lowest BCUT2D eigenvalue weighted by Gasteiger charge is -2.20. The summed E-state index contributed by atoms with van der Waals surface area (Å²) < 4.78 is 35.9. The summed E-state index contributed by atoms with van der Waals surface area (Å²) in [6, 6.07) is 11.3. The Labute approximate surface area is 163 Å². The number of imidazole rings is 1. The van der Waals surface area contributed by atoms with Crippen molar-refractivity contribution in [3.05, 3.63) is 76.8 Å². The largest absolute Gasteiger partial charge is 0.497 e. The molecule has 8 heteroatoms. The van der Waals surface area contributed by atoms with E-state index >= 15 is 0 Å². The fraction of sp³-hybridized carbons (Fsp3) is 0.211. The number of sulfonamides is 1. The lowest BCUT2D eigenvalue weighted by atomic mass is 10.1. The molecule has 3 aromatic rings. The molecule has 0 aliphatic heterocycles. The van der Waals surface area contributed by atoms with E-state index in [-0.39, 0.29) is 9.92 Å². The quantitative estimate of drug-likeness (QED) is 0.681. The van der Waals surface area contributed by atoms with Crippen LogP contribution in [0.15, 0.2) is 59.8 Å². The van der Waals surface area contributed by atoms with Crippen molar-refractivity contribution < 1.29 is 13.2 Å². The molecule has 2 aromatic carbocycles. The standard InChI is InChI=1S/C19H20ClN3O3S/c1-13-7-8-17(16(20)11-13)27(24,25)22-18(19-21-9-10-23(19)2)14-5-4-6-15(12-14)26-3/h4-12,18,22H,1-3H3. The molecule has 1 atom stereocenters. The van der Waals surface area contributed by atoms with Crippen molar-refractivity contribution in [2.24, 2.45) is 7.05 Å². The van der Waals surface area contributed by atoms with Crippen LogP contribution in [-0.4, -0.2) is 25.1 Å². The Morgan fingerprint density at radius 2 is 2.00 bits per heavy atom. The Kier molecular flexibility index (Phi) is 5.55. The highest BCUT2D eigenvalue weighted by Crippen LogP contribution is 2.28. The van der Waals surface area contributed by atoms with Gasteiger partial charge in [0.1, 0.15) is 22.5 Å². The minimum atomic E-state index is -3.89. The van der Waals surface area contributed by atoms with Gasteiger partial charge in [-0.25, -0.2) is 13.4 Å². The van der Waals surface area contributed by atoms with Crippen molar-refractivity contribution >= 4 is 21.6 Å². The molecule has 0 spiro atoms. The first-order chi connectivity index (χ1) is 12.8. The zero-order valence-corrected chi connectivity index (χ0v) is 16.8. The molecule has 1 aromatic heterocycles. The van der Waals surface area contributed by atoms with Crippen LogP contribution in [0.25, 0.3) is 0 Å². The monoisotopic (exact) mass is 405 g/mol. The average Bonchev–Trinajstić information content (AvgIpc) is 3.05. The number of rotatable bonds is 6. The third kappa shape index (κ3) is 4.16. The highest BCUT2D eigenvalue weighted by atomic mass is 35.5. The number of methoxy groups -OCH3 is 1. The van der Waals surface area contributed by atoms with Gasteiger partial charge in [0.2, 0.25) is 10.0 Å². The van der Waals surface area contributed by atoms with Gasteiger partial charge in [-0.1, -0.05) is 29.8 Å². The number of nitrogens with zero attached hydrogens (tertiary/aromatic N) is 2. The molecule has 1 unspecified atom stereocenters. The second-order valence-electron chi connectivity index (χ2n) is 6.16. The maximum atomic E-state index is 13.0. The van der Waals surface area contributed by atoms with Crippen molar-refractivity contribution in [2.75, 3.05) is 7.11 Å². The summed E-state index contributed by atoms with van der Waals surface area (Å²) in [5.41, 5.74) is 1.59. The minimum Gasteiger partial charge on any atom is -0.497 e. The molecular formula is C19H20ClN3O3S. The molecule has 0 aliphatic carbocycles. The van der Waals surface area contributed by atoms with Crippen molar-refractivity contribution in [1.82, 2.24) is 14.3 Å². The summed E-state index contributed by atoms with van der Waals surface area (Å²) >= 11 is 6.19. The maximum Gasteiger partial charge on any atom is 0.243 e. The van der Waals surface area contributed by atoms with Gasteiger partial charge >= 0.3 is 0 Å². The molecule has 6 nitrogen and oxygen atoms in total. The predicted molar refractivity (Wildman–Crippen MR) is 105 cm³/mol. The normalized spacial score (nSPS) is 12.7. The van der Waals surface area contributed by atoms with Gasteiger partial charge in [-0.15, -0.1) is 0 Å². The topological polar surface area (TPSA) is 73.2 Å². The van der Waals surface area contributed by atoms with Gasteiger partial charge in [-0.2, -0.15) is 4.72 Å². The SMILES string of the molecule is COc1cccc(C(NS(=O)(=O)c2ccc(C)cc2Cl)c2nccn2C)c1. The molecule has 0 fully saturated rings. The van der Waals surface area contributed by atoms with E-state index in [1.165, 1.54) is 6.07 Å². The highest BCUT2D eigenvalue weighted by molar-refractivity contribution is 7.89. The van der Waals surface area contributed by atoms with Crippen LogP contribution in [0.1, 0.15) is 23.0 Å². The Hall–Kier alpha value is -2.35. The summed E-state index contributed by atoms with van der Waals surface area (Å²) in [4.78, 5) is 4.35. The van der Waals surface area contributed by atoms with Crippen molar-refractivity contribution in [2.45, 2.75) is 17.9 Å². The van der Waals surface area contributed by atoms with E-state index < -0.39 is 16.1 Å². The third-order valence-corrected chi connectivity index (χ3v) is 6.10. The first kappa shape index (κ1) is 19.4. The molecule has 0 aliphatic rings. The zero-order chi connectivity index (χ0) is 19.6. The van der Waals surface area contributed by atoms with Crippen molar-refractivity contribution in [3.63, 3.8) is 0 Å². The molecular weight excluding hydrogens is 386 g/mol. The Morgan fingerprint density at radius 3 is 2.63 bits per heavy atom. The second-order valence-corrected chi connectivity index (χ2v) is 8.25. The third-order valence-electron chi connectivity index (χ3n) is 4.19. The van der Waals surface area contributed by atoms with Gasteiger partial charge in [-0.3, -0.25) is 0 Å². The van der Waals surface area contributed by atoms with E-state index in [0.29, 0.717) is 17.1 Å². The van der Waals surface area contributed by atoms with E-state index in [9.17, 15) is 8.42 Å². The lowest BCUT2D eigenvalue weighted by molar-refractivity contribution is 0.413. The van der Waals surface area contributed by atoms with Crippen LogP contribution in [0.4, 0.5) is 0 Å². The molecule has 1 heterocycles. The van der Waals surface area contributed by atoms with Gasteiger partial charge in [0.25, 0.3) is 0 Å². The molecule has 0 saturated heterocycles. The predicted octanol–water partition coefficient (Wildman–Crippen LogP) is 3.46. The highest BCUT2D eigenvalue weighted by Gasteiger charge is 2.27. The van der Waals surface area contributed by atoms with E-state index in [4.69, 9.17) is 16.3 Å². The zero-order valence-electron chi connectivity index (χ0n) is 15.2. The number of nitrogens with one attached hydrogen (secondary N) is 1. The molecule has 27 heavy (non-hydrogen) atoms. The Bertz CT molecular complexity index is 1060. The van der Waals surface area contributed by atoms with Crippen LogP contribution in [0.5, 0.6) is 5.75 Å². The molecule has 0 radical (unpaired) electrons. The van der Waals surface area contributed by atoms with Crippen LogP contribution < -0.4 is 9.46 Å². The molecule has 3 rings (SSSR count). The van der Waals surface area contributed by atoms with Crippen LogP contribution in [0.2, 0.25) is 5.02 Å². The van der Waals surface area contributed by atoms with E-state index in [2.05, 4.69) is 9.71 Å². The Balaban J connectivity index is 2.07. The first-order valence-corrected chi connectivity index (χ1v) is 10.1. The summed E-state index contributed by atoms with van der Waals surface area (Å²) in [7, 11) is -0.525. The lowest BCUT2D eigenvalue weighted by Crippen LogP contribution is -2.31. The van der Waals surface area contributed by atoms with Crippen LogP contribution in [0.3, 0.4) is 0 Å². The van der Waals surface area contributed by atoms with Crippen LogP contribution in [-0.2, 0) is 17.1 Å². The molecule has 0 bridgehead atoms. The number of ether oxygens (including phenoxy) is 1. The average molecular weight is 406 g/mol. The molecule has 0 amide bonds. The number of benzene rings is 2. The summed E-state index contributed by atoms with van der Waals surface area (Å²) in [6.07, 6.45) is 3.38. The van der Waals surface area contributed by atoms with E-state index in [0.717, 1.165) is 5.56 Å². The second kappa shape index (κ2) is 7.72. The molecule has 1 N–H and O–H groups in total. The number of aryl methyl sites for hydroxylation is 2. The van der Waals surface area contributed by atoms with Gasteiger partial charge in [0, 0.05) is 19.4 Å². The fourth-order valence-corrected chi connectivity index (χ4v) is 4.57. The molecule has 142 valence electrons. The molecule has 0 saturated carbocycles. The van der Waals surface area contributed by atoms with Crippen molar-refractivity contribution in [1.29, 1.82) is 0 Å². The smallest absolute Gasteiger partial charge is 0.243 e.